The average Bonchev–Trinajstić information content (AvgIpc) is 2.60. The topological polar surface area (TPSA) is 74.7 Å². The minimum atomic E-state index is -1.30. The van der Waals surface area contributed by atoms with E-state index in [-0.39, 0.29) is 16.8 Å². The van der Waals surface area contributed by atoms with E-state index < -0.39 is 17.8 Å². The van der Waals surface area contributed by atoms with Crippen molar-refractivity contribution >= 4 is 33.7 Å². The molecule has 0 saturated carbocycles. The molecule has 0 bridgehead atoms. The molecular formula is C13H10BrNO4. The molecule has 1 aliphatic rings. The van der Waals surface area contributed by atoms with Gasteiger partial charge in [-0.25, -0.2) is 9.69 Å². The summed E-state index contributed by atoms with van der Waals surface area (Å²) in [7, 11) is 0. The zero-order valence-electron chi connectivity index (χ0n) is 10.0. The minimum absolute atomic E-state index is 0.204. The van der Waals surface area contributed by atoms with Crippen molar-refractivity contribution in [1.29, 1.82) is 0 Å². The van der Waals surface area contributed by atoms with Gasteiger partial charge in [-0.2, -0.15) is 0 Å². The molecule has 2 rings (SSSR count). The van der Waals surface area contributed by atoms with Crippen LogP contribution in [0.4, 0.5) is 0 Å². The first-order valence-corrected chi connectivity index (χ1v) is 6.39. The van der Waals surface area contributed by atoms with Crippen molar-refractivity contribution in [2.45, 2.75) is 13.3 Å². The van der Waals surface area contributed by atoms with Gasteiger partial charge < -0.3 is 5.11 Å². The van der Waals surface area contributed by atoms with Crippen molar-refractivity contribution in [1.82, 2.24) is 4.90 Å². The number of carboxylic acids is 1. The third-order valence-corrected chi connectivity index (χ3v) is 3.38. The van der Waals surface area contributed by atoms with Crippen molar-refractivity contribution in [3.63, 3.8) is 0 Å². The van der Waals surface area contributed by atoms with Crippen LogP contribution in [0.1, 0.15) is 34.1 Å². The molecule has 5 nitrogen and oxygen atoms in total. The molecule has 1 aromatic carbocycles. The van der Waals surface area contributed by atoms with E-state index in [4.69, 9.17) is 5.11 Å². The number of carbonyl (C=O) groups excluding carboxylic acids is 2. The van der Waals surface area contributed by atoms with Gasteiger partial charge in [0.2, 0.25) is 0 Å². The second-order valence-corrected chi connectivity index (χ2v) is 4.77. The predicted octanol–water partition coefficient (Wildman–Crippen LogP) is 2.42. The standard InChI is InChI=1S/C13H10BrNO4/c1-2-4-9(13(18)19)15-11(16)7-5-3-6-8(14)10(7)12(15)17/h3-6H,2H2,1H3,(H,18,19). The van der Waals surface area contributed by atoms with Crippen LogP contribution in [0.2, 0.25) is 0 Å². The molecule has 6 heteroatoms. The van der Waals surface area contributed by atoms with Crippen LogP contribution in [0.15, 0.2) is 34.4 Å². The number of hydrogen-bond donors (Lipinski definition) is 1. The Balaban J connectivity index is 2.57. The molecule has 0 spiro atoms. The number of imide groups is 1. The van der Waals surface area contributed by atoms with Gasteiger partial charge in [-0.05, 0) is 34.5 Å². The van der Waals surface area contributed by atoms with Gasteiger partial charge in [0.1, 0.15) is 5.70 Å². The van der Waals surface area contributed by atoms with Gasteiger partial charge in [-0.15, -0.1) is 0 Å². The summed E-state index contributed by atoms with van der Waals surface area (Å²) in [5, 5.41) is 9.12. The maximum Gasteiger partial charge on any atom is 0.352 e. The van der Waals surface area contributed by atoms with E-state index in [9.17, 15) is 14.4 Å². The Hall–Kier alpha value is -1.95. The largest absolute Gasteiger partial charge is 0.477 e. The second-order valence-electron chi connectivity index (χ2n) is 3.91. The highest BCUT2D eigenvalue weighted by molar-refractivity contribution is 9.10. The Labute approximate surface area is 117 Å². The molecule has 0 radical (unpaired) electrons. The molecule has 98 valence electrons. The zero-order valence-corrected chi connectivity index (χ0v) is 11.6. The molecule has 0 aromatic heterocycles. The van der Waals surface area contributed by atoms with E-state index in [1.807, 2.05) is 0 Å². The van der Waals surface area contributed by atoms with Gasteiger partial charge in [0.15, 0.2) is 0 Å². The number of halogens is 1. The minimum Gasteiger partial charge on any atom is -0.477 e. The number of fused-ring (bicyclic) bond motifs is 1. The lowest BCUT2D eigenvalue weighted by molar-refractivity contribution is -0.133. The summed E-state index contributed by atoms with van der Waals surface area (Å²) < 4.78 is 0.479. The number of carbonyl (C=O) groups is 3. The lowest BCUT2D eigenvalue weighted by Crippen LogP contribution is -2.32. The molecule has 1 heterocycles. The molecule has 0 aliphatic carbocycles. The predicted molar refractivity (Wildman–Crippen MR) is 70.7 cm³/mol. The Morgan fingerprint density at radius 2 is 2.05 bits per heavy atom. The SMILES string of the molecule is CCC=C(C(=O)O)N1C(=O)c2cccc(Br)c2C1=O. The molecule has 0 saturated heterocycles. The van der Waals surface area contributed by atoms with E-state index in [0.717, 1.165) is 0 Å². The number of allylic oxidation sites excluding steroid dienone is 1. The first-order valence-electron chi connectivity index (χ1n) is 5.59. The summed E-state index contributed by atoms with van der Waals surface area (Å²) in [6, 6.07) is 4.77. The number of rotatable bonds is 3. The summed E-state index contributed by atoms with van der Waals surface area (Å²) in [5.74, 6) is -2.52. The first kappa shape index (κ1) is 13.5. The van der Waals surface area contributed by atoms with E-state index in [1.54, 1.807) is 19.1 Å². The van der Waals surface area contributed by atoms with E-state index in [2.05, 4.69) is 15.9 Å². The van der Waals surface area contributed by atoms with Crippen LogP contribution in [0.5, 0.6) is 0 Å². The van der Waals surface area contributed by atoms with Crippen molar-refractivity contribution in [3.8, 4) is 0 Å². The fourth-order valence-electron chi connectivity index (χ4n) is 1.93. The fourth-order valence-corrected chi connectivity index (χ4v) is 2.47. The number of nitrogens with zero attached hydrogens (tertiary/aromatic N) is 1. The Bertz CT molecular complexity index is 621. The number of amides is 2. The molecule has 0 fully saturated rings. The molecular weight excluding hydrogens is 314 g/mol. The van der Waals surface area contributed by atoms with E-state index in [1.165, 1.54) is 12.1 Å². The summed E-state index contributed by atoms with van der Waals surface area (Å²) in [6.45, 7) is 1.73. The fraction of sp³-hybridized carbons (Fsp3) is 0.154. The molecule has 0 atom stereocenters. The second kappa shape index (κ2) is 4.97. The lowest BCUT2D eigenvalue weighted by Gasteiger charge is -2.14. The number of carboxylic acid groups (broad SMARTS) is 1. The van der Waals surface area contributed by atoms with Crippen LogP contribution >= 0.6 is 15.9 Å². The molecule has 19 heavy (non-hydrogen) atoms. The van der Waals surface area contributed by atoms with Crippen molar-refractivity contribution in [3.05, 3.63) is 45.6 Å². The summed E-state index contributed by atoms with van der Waals surface area (Å²) in [6.07, 6.45) is 1.76. The van der Waals surface area contributed by atoms with Gasteiger partial charge in [-0.1, -0.05) is 19.1 Å². The molecule has 0 unspecified atom stereocenters. The molecule has 1 N–H and O–H groups in total. The van der Waals surface area contributed by atoms with Crippen LogP contribution < -0.4 is 0 Å². The summed E-state index contributed by atoms with van der Waals surface area (Å²) >= 11 is 3.20. The quantitative estimate of drug-likeness (QED) is 0.684. The summed E-state index contributed by atoms with van der Waals surface area (Å²) in [5.41, 5.74) is 0.110. The Morgan fingerprint density at radius 3 is 2.58 bits per heavy atom. The normalized spacial score (nSPS) is 14.8. The third-order valence-electron chi connectivity index (χ3n) is 2.72. The van der Waals surface area contributed by atoms with Crippen molar-refractivity contribution < 1.29 is 19.5 Å². The smallest absolute Gasteiger partial charge is 0.352 e. The van der Waals surface area contributed by atoms with E-state index in [0.29, 0.717) is 15.8 Å². The summed E-state index contributed by atoms with van der Waals surface area (Å²) in [4.78, 5) is 36.3. The van der Waals surface area contributed by atoms with Gasteiger partial charge in [-0.3, -0.25) is 9.59 Å². The maximum atomic E-state index is 12.2. The van der Waals surface area contributed by atoms with E-state index >= 15 is 0 Å². The zero-order chi connectivity index (χ0) is 14.2. The van der Waals surface area contributed by atoms with Crippen molar-refractivity contribution in [2.75, 3.05) is 0 Å². The lowest BCUT2D eigenvalue weighted by atomic mass is 10.1. The average molecular weight is 324 g/mol. The number of aliphatic carboxylic acids is 1. The van der Waals surface area contributed by atoms with Crippen LogP contribution in [-0.4, -0.2) is 27.8 Å². The third kappa shape index (κ3) is 2.08. The monoisotopic (exact) mass is 323 g/mol. The maximum absolute atomic E-state index is 12.2. The Kier molecular flexibility index (Phi) is 3.53. The molecule has 1 aliphatic heterocycles. The number of benzene rings is 1. The van der Waals surface area contributed by atoms with Gasteiger partial charge in [0, 0.05) is 4.47 Å². The van der Waals surface area contributed by atoms with Crippen LogP contribution in [0, 0.1) is 0 Å². The molecule has 2 amide bonds. The van der Waals surface area contributed by atoms with Crippen LogP contribution in [0.25, 0.3) is 0 Å². The van der Waals surface area contributed by atoms with Gasteiger partial charge in [0.05, 0.1) is 11.1 Å². The highest BCUT2D eigenvalue weighted by Crippen LogP contribution is 2.31. The highest BCUT2D eigenvalue weighted by atomic mass is 79.9. The van der Waals surface area contributed by atoms with Gasteiger partial charge >= 0.3 is 5.97 Å². The highest BCUT2D eigenvalue weighted by Gasteiger charge is 2.40. The first-order chi connectivity index (χ1) is 8.99. The van der Waals surface area contributed by atoms with Crippen LogP contribution in [0.3, 0.4) is 0 Å². The van der Waals surface area contributed by atoms with Gasteiger partial charge in [0.25, 0.3) is 11.8 Å². The molecule has 1 aromatic rings. The number of hydrogen-bond acceptors (Lipinski definition) is 3. The van der Waals surface area contributed by atoms with Crippen molar-refractivity contribution in [2.24, 2.45) is 0 Å². The Morgan fingerprint density at radius 1 is 1.37 bits per heavy atom. The van der Waals surface area contributed by atoms with Crippen LogP contribution in [-0.2, 0) is 4.79 Å².